The number of hydrogen-bond acceptors (Lipinski definition) is 4. The zero-order chi connectivity index (χ0) is 21.7. The van der Waals surface area contributed by atoms with Gasteiger partial charge in [0, 0.05) is 70.6 Å². The third-order valence-electron chi connectivity index (χ3n) is 5.46. The van der Waals surface area contributed by atoms with E-state index in [0.717, 1.165) is 21.7 Å². The molecular formula is C23H29FN2O3S. The highest BCUT2D eigenvalue weighted by Gasteiger charge is 2.35. The number of hydrogen-bond donors (Lipinski definition) is 0. The average Bonchev–Trinajstić information content (AvgIpc) is 2.77. The predicted molar refractivity (Wildman–Crippen MR) is 119 cm³/mol. The van der Waals surface area contributed by atoms with Crippen molar-refractivity contribution in [3.63, 3.8) is 0 Å². The first-order chi connectivity index (χ1) is 14.3. The van der Waals surface area contributed by atoms with Crippen LogP contribution >= 0.6 is 11.8 Å². The van der Waals surface area contributed by atoms with Gasteiger partial charge in [-0.1, -0.05) is 12.1 Å². The van der Waals surface area contributed by atoms with Crippen molar-refractivity contribution in [1.29, 1.82) is 0 Å². The molecule has 162 valence electrons. The molecule has 1 aliphatic heterocycles. The first-order valence-corrected chi connectivity index (χ1v) is 10.9. The van der Waals surface area contributed by atoms with Crippen molar-refractivity contribution in [1.82, 2.24) is 4.90 Å². The number of carbonyl (C=O) groups excluding carboxylic acids is 1. The van der Waals surface area contributed by atoms with E-state index in [4.69, 9.17) is 9.47 Å². The molecular weight excluding hydrogens is 403 g/mol. The van der Waals surface area contributed by atoms with Gasteiger partial charge in [0.15, 0.2) is 0 Å². The fourth-order valence-electron chi connectivity index (χ4n) is 3.65. The molecule has 0 spiro atoms. The highest BCUT2D eigenvalue weighted by atomic mass is 32.2. The van der Waals surface area contributed by atoms with Crippen LogP contribution in [0.1, 0.15) is 24.0 Å². The second-order valence-electron chi connectivity index (χ2n) is 7.68. The molecule has 0 aliphatic carbocycles. The van der Waals surface area contributed by atoms with Crippen LogP contribution in [0, 0.1) is 5.82 Å². The Hall–Kier alpha value is -2.09. The molecule has 0 saturated carbocycles. The molecule has 0 bridgehead atoms. The molecule has 1 heterocycles. The van der Waals surface area contributed by atoms with Gasteiger partial charge in [-0.25, -0.2) is 9.18 Å². The predicted octanol–water partition coefficient (Wildman–Crippen LogP) is 4.89. The number of halogens is 1. The van der Waals surface area contributed by atoms with E-state index in [2.05, 4.69) is 0 Å². The quantitative estimate of drug-likeness (QED) is 0.610. The Bertz CT molecular complexity index is 885. The first-order valence-electron chi connectivity index (χ1n) is 9.95. The standard InChI is InChI=1S/C23H29FN2O3S/c1-25(2)22(27)26(3)20-7-5-6-17(12-20)16-30-21-14-18(13-19(24)15-21)23(28-4)8-10-29-11-9-23/h5-7,12-15H,8-11,16H2,1-4H3. The molecule has 1 fully saturated rings. The molecule has 30 heavy (non-hydrogen) atoms. The lowest BCUT2D eigenvalue weighted by molar-refractivity contribution is -0.0950. The Balaban J connectivity index is 1.76. The summed E-state index contributed by atoms with van der Waals surface area (Å²) in [5.74, 6) is 0.409. The van der Waals surface area contributed by atoms with Crippen molar-refractivity contribution in [2.45, 2.75) is 29.1 Å². The van der Waals surface area contributed by atoms with Crippen LogP contribution in [0.25, 0.3) is 0 Å². The number of nitrogens with zero attached hydrogens (tertiary/aromatic N) is 2. The SMILES string of the molecule is COC1(c2cc(F)cc(SCc3cccc(N(C)C(=O)N(C)C)c3)c2)CCOCC1. The zero-order valence-electron chi connectivity index (χ0n) is 18.0. The highest BCUT2D eigenvalue weighted by molar-refractivity contribution is 7.98. The molecule has 1 saturated heterocycles. The molecule has 7 heteroatoms. The van der Waals surface area contributed by atoms with Crippen molar-refractivity contribution < 1.29 is 18.7 Å². The number of anilines is 1. The van der Waals surface area contributed by atoms with Crippen LogP contribution in [0.5, 0.6) is 0 Å². The summed E-state index contributed by atoms with van der Waals surface area (Å²) in [4.78, 5) is 16.2. The molecule has 2 aromatic carbocycles. The Morgan fingerprint density at radius 3 is 2.57 bits per heavy atom. The second-order valence-corrected chi connectivity index (χ2v) is 8.73. The Morgan fingerprint density at radius 1 is 1.17 bits per heavy atom. The third kappa shape index (κ3) is 5.14. The van der Waals surface area contributed by atoms with Crippen molar-refractivity contribution in [3.05, 3.63) is 59.4 Å². The lowest BCUT2D eigenvalue weighted by Gasteiger charge is -2.36. The maximum atomic E-state index is 14.4. The molecule has 0 atom stereocenters. The number of amides is 2. The largest absolute Gasteiger partial charge is 0.381 e. The lowest BCUT2D eigenvalue weighted by atomic mass is 9.86. The lowest BCUT2D eigenvalue weighted by Crippen LogP contribution is -2.36. The number of carbonyl (C=O) groups is 1. The summed E-state index contributed by atoms with van der Waals surface area (Å²) in [5.41, 5.74) is 2.26. The number of urea groups is 1. The van der Waals surface area contributed by atoms with Crippen molar-refractivity contribution in [2.75, 3.05) is 46.4 Å². The smallest absolute Gasteiger partial charge is 0.323 e. The van der Waals surface area contributed by atoms with Gasteiger partial charge < -0.3 is 14.4 Å². The van der Waals surface area contributed by atoms with Crippen LogP contribution in [0.3, 0.4) is 0 Å². The number of methoxy groups -OCH3 is 1. The van der Waals surface area contributed by atoms with Crippen LogP contribution < -0.4 is 4.90 Å². The van der Waals surface area contributed by atoms with Crippen molar-refractivity contribution in [2.24, 2.45) is 0 Å². The minimum atomic E-state index is -0.495. The summed E-state index contributed by atoms with van der Waals surface area (Å²) in [6, 6.07) is 12.9. The Morgan fingerprint density at radius 2 is 1.90 bits per heavy atom. The molecule has 0 aromatic heterocycles. The Labute approximate surface area is 182 Å². The van der Waals surface area contributed by atoms with E-state index < -0.39 is 5.60 Å². The fraction of sp³-hybridized carbons (Fsp3) is 0.435. The summed E-state index contributed by atoms with van der Waals surface area (Å²) in [7, 11) is 6.89. The molecule has 1 aliphatic rings. The van der Waals surface area contributed by atoms with Gasteiger partial charge in [-0.2, -0.15) is 0 Å². The van der Waals surface area contributed by atoms with Gasteiger partial charge in [-0.3, -0.25) is 4.90 Å². The van der Waals surface area contributed by atoms with Crippen LogP contribution in [0.2, 0.25) is 0 Å². The van der Waals surface area contributed by atoms with Crippen molar-refractivity contribution >= 4 is 23.5 Å². The normalized spacial score (nSPS) is 15.6. The van der Waals surface area contributed by atoms with E-state index in [1.54, 1.807) is 57.0 Å². The summed E-state index contributed by atoms with van der Waals surface area (Å²) in [5, 5.41) is 0. The minimum Gasteiger partial charge on any atom is -0.381 e. The van der Waals surface area contributed by atoms with E-state index in [9.17, 15) is 9.18 Å². The molecule has 0 radical (unpaired) electrons. The van der Waals surface area contributed by atoms with Gasteiger partial charge in [-0.05, 0) is 41.5 Å². The van der Waals surface area contributed by atoms with E-state index in [1.165, 1.54) is 4.90 Å². The van der Waals surface area contributed by atoms with Gasteiger partial charge >= 0.3 is 6.03 Å². The number of ether oxygens (including phenoxy) is 2. The molecule has 2 amide bonds. The van der Waals surface area contributed by atoms with Crippen LogP contribution in [-0.2, 0) is 20.8 Å². The maximum absolute atomic E-state index is 14.4. The van der Waals surface area contributed by atoms with Crippen LogP contribution in [0.4, 0.5) is 14.9 Å². The van der Waals surface area contributed by atoms with Gasteiger partial charge in [0.25, 0.3) is 0 Å². The summed E-state index contributed by atoms with van der Waals surface area (Å²) >= 11 is 1.57. The number of rotatable bonds is 6. The maximum Gasteiger partial charge on any atom is 0.323 e. The monoisotopic (exact) mass is 432 g/mol. The Kier molecular flexibility index (Phi) is 7.39. The summed E-state index contributed by atoms with van der Waals surface area (Å²) < 4.78 is 25.7. The summed E-state index contributed by atoms with van der Waals surface area (Å²) in [6.07, 6.45) is 1.43. The van der Waals surface area contributed by atoms with E-state index >= 15 is 0 Å². The zero-order valence-corrected chi connectivity index (χ0v) is 18.8. The first kappa shape index (κ1) is 22.6. The van der Waals surface area contributed by atoms with Gasteiger partial charge in [0.05, 0.1) is 5.60 Å². The van der Waals surface area contributed by atoms with Gasteiger partial charge in [0.2, 0.25) is 0 Å². The van der Waals surface area contributed by atoms with Crippen LogP contribution in [-0.4, -0.2) is 52.4 Å². The topological polar surface area (TPSA) is 42.0 Å². The fourth-order valence-corrected chi connectivity index (χ4v) is 4.57. The van der Waals surface area contributed by atoms with Gasteiger partial charge in [-0.15, -0.1) is 11.8 Å². The van der Waals surface area contributed by atoms with Gasteiger partial charge in [0.1, 0.15) is 5.82 Å². The van der Waals surface area contributed by atoms with E-state index in [0.29, 0.717) is 31.8 Å². The van der Waals surface area contributed by atoms with E-state index in [-0.39, 0.29) is 11.8 Å². The van der Waals surface area contributed by atoms with E-state index in [1.807, 2.05) is 30.3 Å². The minimum absolute atomic E-state index is 0.0871. The highest BCUT2D eigenvalue weighted by Crippen LogP contribution is 2.38. The number of benzene rings is 2. The third-order valence-corrected chi connectivity index (χ3v) is 6.51. The van der Waals surface area contributed by atoms with Crippen molar-refractivity contribution in [3.8, 4) is 0 Å². The summed E-state index contributed by atoms with van der Waals surface area (Å²) in [6.45, 7) is 1.22. The molecule has 3 rings (SSSR count). The molecule has 2 aromatic rings. The number of thioether (sulfide) groups is 1. The molecule has 0 N–H and O–H groups in total. The molecule has 0 unspecified atom stereocenters. The van der Waals surface area contributed by atoms with Crippen LogP contribution in [0.15, 0.2) is 47.4 Å². The average molecular weight is 433 g/mol. The second kappa shape index (κ2) is 9.81. The molecule has 5 nitrogen and oxygen atoms in total.